The number of hydrogen-bond acceptors (Lipinski definition) is 3. The van der Waals surface area contributed by atoms with Gasteiger partial charge in [0.05, 0.1) is 26.5 Å². The number of halogens is 3. The molecule has 5 nitrogen and oxygen atoms in total. The second-order valence-electron chi connectivity index (χ2n) is 4.43. The van der Waals surface area contributed by atoms with Crippen LogP contribution in [0.15, 0.2) is 46.9 Å². The fraction of sp³-hybridized carbons (Fsp3) is 0.308. The summed E-state index contributed by atoms with van der Waals surface area (Å²) in [6.45, 7) is 0. The van der Waals surface area contributed by atoms with E-state index >= 15 is 0 Å². The minimum absolute atomic E-state index is 0. The van der Waals surface area contributed by atoms with Gasteiger partial charge >= 0.3 is 25.4 Å². The molecule has 0 saturated carbocycles. The fourth-order valence-corrected chi connectivity index (χ4v) is 1.64. The molecule has 0 amide bonds. The fourth-order valence-electron chi connectivity index (χ4n) is 1.64. The summed E-state index contributed by atoms with van der Waals surface area (Å²) in [7, 11) is 7.92. The van der Waals surface area contributed by atoms with Gasteiger partial charge in [-0.15, -0.1) is 0 Å². The third-order valence-corrected chi connectivity index (χ3v) is 2.77. The largest absolute Gasteiger partial charge is 2.00 e. The smallest absolute Gasteiger partial charge is 1.00 e. The average molecular weight is 416 g/mol. The first kappa shape index (κ1) is 26.2. The number of hydrogen-bond donors (Lipinski definition) is 0. The average Bonchev–Trinajstić information content (AvgIpc) is 2.67. The molecule has 1 aromatic heterocycles. The molecule has 2 aromatic rings. The molecular weight excluding hydrogens is 398 g/mol. The zero-order chi connectivity index (χ0) is 13.1. The Morgan fingerprint density at radius 1 is 1.00 bits per heavy atom. The van der Waals surface area contributed by atoms with Crippen molar-refractivity contribution in [3.63, 3.8) is 0 Å². The van der Waals surface area contributed by atoms with Crippen LogP contribution >= 0.6 is 0 Å². The topological polar surface area (TPSA) is 36.8 Å². The van der Waals surface area contributed by atoms with Gasteiger partial charge in [-0.1, -0.05) is 5.11 Å². The van der Waals surface area contributed by atoms with Crippen LogP contribution < -0.4 is 46.7 Å². The number of aromatic nitrogens is 2. The van der Waals surface area contributed by atoms with Gasteiger partial charge in [-0.3, -0.25) is 0 Å². The summed E-state index contributed by atoms with van der Waals surface area (Å²) in [5.41, 5.74) is 2.00. The number of aryl methyl sites for hydroxylation is 2. The van der Waals surface area contributed by atoms with Gasteiger partial charge in [-0.2, -0.15) is 0 Å². The van der Waals surface area contributed by atoms with Crippen LogP contribution in [0.4, 0.5) is 17.3 Å². The van der Waals surface area contributed by atoms with Crippen molar-refractivity contribution in [1.29, 1.82) is 0 Å². The van der Waals surface area contributed by atoms with Crippen LogP contribution in [0.1, 0.15) is 0 Å². The molecule has 22 heavy (non-hydrogen) atoms. The SMILES string of the molecule is CN(C)c1ccc(N=Nc2n(C)cc[n+]2C)cc1.[Cl-].[Cl-].[Cl-].[Zn+2]. The summed E-state index contributed by atoms with van der Waals surface area (Å²) in [6.07, 6.45) is 3.90. The van der Waals surface area contributed by atoms with Gasteiger partial charge in [-0.05, 0) is 24.3 Å². The molecule has 0 aliphatic carbocycles. The van der Waals surface area contributed by atoms with Crippen molar-refractivity contribution in [3.8, 4) is 0 Å². The molecule has 0 spiro atoms. The molecule has 1 heterocycles. The van der Waals surface area contributed by atoms with E-state index in [4.69, 9.17) is 0 Å². The van der Waals surface area contributed by atoms with Crippen LogP contribution in [0.3, 0.4) is 0 Å². The molecule has 0 radical (unpaired) electrons. The summed E-state index contributed by atoms with van der Waals surface area (Å²) in [5.74, 6) is 0.812. The van der Waals surface area contributed by atoms with E-state index in [0.29, 0.717) is 0 Å². The minimum Gasteiger partial charge on any atom is -1.00 e. The number of azo groups is 1. The molecular formula is C13H18Cl3N5Zn. The molecule has 0 saturated heterocycles. The van der Waals surface area contributed by atoms with Crippen molar-refractivity contribution in [1.82, 2.24) is 4.57 Å². The Labute approximate surface area is 162 Å². The van der Waals surface area contributed by atoms with E-state index in [0.717, 1.165) is 17.3 Å². The Morgan fingerprint density at radius 2 is 1.55 bits per heavy atom. The first-order valence-electron chi connectivity index (χ1n) is 5.78. The number of anilines is 1. The summed E-state index contributed by atoms with van der Waals surface area (Å²) in [4.78, 5) is 2.05. The van der Waals surface area contributed by atoms with Gasteiger partial charge in [0.2, 0.25) is 0 Å². The quantitative estimate of drug-likeness (QED) is 0.279. The monoisotopic (exact) mass is 413 g/mol. The maximum absolute atomic E-state index is 4.25. The second kappa shape index (κ2) is 11.8. The van der Waals surface area contributed by atoms with E-state index < -0.39 is 0 Å². The number of imidazole rings is 1. The molecule has 0 atom stereocenters. The molecule has 0 aliphatic heterocycles. The summed E-state index contributed by atoms with van der Waals surface area (Å²) in [5, 5.41) is 8.48. The van der Waals surface area contributed by atoms with Crippen LogP contribution in [-0.4, -0.2) is 18.7 Å². The third kappa shape index (κ3) is 6.61. The maximum Gasteiger partial charge on any atom is 2.00 e. The van der Waals surface area contributed by atoms with Crippen molar-refractivity contribution in [2.45, 2.75) is 0 Å². The van der Waals surface area contributed by atoms with Gasteiger partial charge in [0.15, 0.2) is 0 Å². The number of benzene rings is 1. The molecule has 0 N–H and O–H groups in total. The van der Waals surface area contributed by atoms with Crippen LogP contribution in [0.5, 0.6) is 0 Å². The predicted molar refractivity (Wildman–Crippen MR) is 71.5 cm³/mol. The van der Waals surface area contributed by atoms with E-state index in [9.17, 15) is 0 Å². The summed E-state index contributed by atoms with van der Waals surface area (Å²) in [6, 6.07) is 7.97. The molecule has 0 bridgehead atoms. The standard InChI is InChI=1S/C13H18N5.3ClH.Zn/c1-16(2)12-7-5-11(6-8-12)14-15-13-17(3)9-10-18(13)4;;;;/h5-10H,1-4H3;3*1H;/q+1;;;;+2/p-3. The van der Waals surface area contributed by atoms with Crippen molar-refractivity contribution in [2.75, 3.05) is 19.0 Å². The van der Waals surface area contributed by atoms with Crippen LogP contribution in [0, 0.1) is 0 Å². The Morgan fingerprint density at radius 3 is 1.95 bits per heavy atom. The Bertz CT molecular complexity index is 550. The Hall–Kier alpha value is -0.677. The zero-order valence-corrected chi connectivity index (χ0v) is 18.3. The van der Waals surface area contributed by atoms with Crippen LogP contribution in [0.2, 0.25) is 0 Å². The van der Waals surface area contributed by atoms with Crippen molar-refractivity contribution in [2.24, 2.45) is 24.3 Å². The van der Waals surface area contributed by atoms with Gasteiger partial charge in [-0.25, -0.2) is 9.13 Å². The molecule has 0 aliphatic rings. The van der Waals surface area contributed by atoms with Gasteiger partial charge < -0.3 is 42.1 Å². The van der Waals surface area contributed by atoms with E-state index in [1.54, 1.807) is 0 Å². The first-order valence-corrected chi connectivity index (χ1v) is 5.78. The van der Waals surface area contributed by atoms with Crippen LogP contribution in [-0.2, 0) is 33.6 Å². The first-order chi connectivity index (χ1) is 8.58. The van der Waals surface area contributed by atoms with E-state index in [2.05, 4.69) is 15.1 Å². The number of nitrogens with zero attached hydrogens (tertiary/aromatic N) is 5. The molecule has 1 aromatic carbocycles. The second-order valence-corrected chi connectivity index (χ2v) is 4.43. The summed E-state index contributed by atoms with van der Waals surface area (Å²) < 4.78 is 3.86. The zero-order valence-electron chi connectivity index (χ0n) is 13.0. The Kier molecular flexibility index (Phi) is 14.1. The van der Waals surface area contributed by atoms with Gasteiger partial charge in [0.1, 0.15) is 5.69 Å². The molecule has 9 heteroatoms. The minimum atomic E-state index is 0. The van der Waals surface area contributed by atoms with E-state index in [1.165, 1.54) is 0 Å². The molecule has 118 valence electrons. The van der Waals surface area contributed by atoms with E-state index in [1.807, 2.05) is 74.0 Å². The van der Waals surface area contributed by atoms with Gasteiger partial charge in [0.25, 0.3) is 0 Å². The Balaban J connectivity index is -0.000000902. The molecule has 0 fully saturated rings. The molecule has 2 rings (SSSR count). The van der Waals surface area contributed by atoms with Gasteiger partial charge in [0, 0.05) is 24.9 Å². The normalized spacial score (nSPS) is 9.09. The van der Waals surface area contributed by atoms with Crippen molar-refractivity contribution >= 4 is 17.3 Å². The number of rotatable bonds is 3. The van der Waals surface area contributed by atoms with E-state index in [-0.39, 0.29) is 56.7 Å². The van der Waals surface area contributed by atoms with Crippen molar-refractivity contribution < 1.29 is 61.3 Å². The predicted octanol–water partition coefficient (Wildman–Crippen LogP) is -6.66. The third-order valence-electron chi connectivity index (χ3n) is 2.77. The van der Waals surface area contributed by atoms with Crippen molar-refractivity contribution in [3.05, 3.63) is 36.7 Å². The summed E-state index contributed by atoms with van der Waals surface area (Å²) >= 11 is 0. The maximum atomic E-state index is 4.25. The van der Waals surface area contributed by atoms with Crippen LogP contribution in [0.25, 0.3) is 0 Å². The molecule has 0 unspecified atom stereocenters.